The van der Waals surface area contributed by atoms with Crippen molar-refractivity contribution in [1.82, 2.24) is 9.55 Å². The fourth-order valence-electron chi connectivity index (χ4n) is 3.13. The molecule has 1 atom stereocenters. The van der Waals surface area contributed by atoms with Crippen molar-refractivity contribution in [2.45, 2.75) is 77.5 Å². The Morgan fingerprint density at radius 3 is 2.43 bits per heavy atom. The summed E-state index contributed by atoms with van der Waals surface area (Å²) in [6.07, 6.45) is 16.6. The molecule has 0 saturated heterocycles. The molecule has 0 aliphatic rings. The van der Waals surface area contributed by atoms with E-state index in [0.29, 0.717) is 6.61 Å². The summed E-state index contributed by atoms with van der Waals surface area (Å²) in [6.45, 7) is 3.57. The predicted octanol–water partition coefficient (Wildman–Crippen LogP) is 6.48. The third-order valence-electron chi connectivity index (χ3n) is 4.82. The monoisotopic (exact) mass is 406 g/mol. The van der Waals surface area contributed by atoms with Gasteiger partial charge in [-0.05, 0) is 29.9 Å². The van der Waals surface area contributed by atoms with Crippen LogP contribution < -0.4 is 0 Å². The first kappa shape index (κ1) is 23.0. The smallest absolute Gasteiger partial charge is 0.123 e. The Morgan fingerprint density at radius 1 is 1.04 bits per heavy atom. The molecule has 2 rings (SSSR count). The summed E-state index contributed by atoms with van der Waals surface area (Å²) in [5, 5.41) is 0. The highest BCUT2D eigenvalue weighted by Gasteiger charge is 2.11. The van der Waals surface area contributed by atoms with Crippen LogP contribution in [-0.4, -0.2) is 27.2 Å². The van der Waals surface area contributed by atoms with Crippen LogP contribution in [0.4, 0.5) is 4.39 Å². The summed E-state index contributed by atoms with van der Waals surface area (Å²) in [6, 6.07) is 6.55. The van der Waals surface area contributed by atoms with E-state index in [4.69, 9.17) is 4.74 Å². The summed E-state index contributed by atoms with van der Waals surface area (Å²) in [5.74, 6) is 1.95. The maximum Gasteiger partial charge on any atom is 0.123 e. The van der Waals surface area contributed by atoms with E-state index >= 15 is 0 Å². The molecule has 156 valence electrons. The maximum atomic E-state index is 13.1. The molecule has 1 aromatic carbocycles. The summed E-state index contributed by atoms with van der Waals surface area (Å²) in [4.78, 5) is 4.12. The number of benzene rings is 1. The van der Waals surface area contributed by atoms with Gasteiger partial charge in [0.15, 0.2) is 0 Å². The molecule has 1 unspecified atom stereocenters. The van der Waals surface area contributed by atoms with Crippen LogP contribution in [0.15, 0.2) is 43.0 Å². The molecule has 28 heavy (non-hydrogen) atoms. The largest absolute Gasteiger partial charge is 0.371 e. The number of thioether (sulfide) groups is 1. The van der Waals surface area contributed by atoms with Crippen LogP contribution in [0.1, 0.15) is 63.9 Å². The number of imidazole rings is 1. The van der Waals surface area contributed by atoms with Crippen molar-refractivity contribution in [3.05, 3.63) is 54.4 Å². The number of unbranched alkanes of at least 4 members (excludes halogenated alkanes) is 7. The van der Waals surface area contributed by atoms with Crippen molar-refractivity contribution < 1.29 is 9.13 Å². The molecule has 0 N–H and O–H groups in total. The van der Waals surface area contributed by atoms with E-state index in [1.165, 1.54) is 69.3 Å². The van der Waals surface area contributed by atoms with Gasteiger partial charge in [0, 0.05) is 18.1 Å². The topological polar surface area (TPSA) is 27.1 Å². The minimum atomic E-state index is -0.209. The molecule has 0 aliphatic heterocycles. The second-order valence-electron chi connectivity index (χ2n) is 7.37. The van der Waals surface area contributed by atoms with Crippen LogP contribution in [-0.2, 0) is 17.9 Å². The molecule has 1 aromatic heterocycles. The average molecular weight is 407 g/mol. The van der Waals surface area contributed by atoms with Crippen molar-refractivity contribution >= 4 is 11.8 Å². The van der Waals surface area contributed by atoms with Gasteiger partial charge in [-0.15, -0.1) is 0 Å². The lowest BCUT2D eigenvalue weighted by molar-refractivity contribution is 0.0450. The van der Waals surface area contributed by atoms with E-state index in [1.807, 2.05) is 24.3 Å². The molecule has 0 amide bonds. The Labute approximate surface area is 174 Å². The highest BCUT2D eigenvalue weighted by molar-refractivity contribution is 7.99. The lowest BCUT2D eigenvalue weighted by Crippen LogP contribution is -2.22. The highest BCUT2D eigenvalue weighted by atomic mass is 32.2. The zero-order valence-electron chi connectivity index (χ0n) is 17.2. The zero-order chi connectivity index (χ0) is 19.9. The van der Waals surface area contributed by atoms with Gasteiger partial charge < -0.3 is 9.30 Å². The Balaban J connectivity index is 1.63. The van der Waals surface area contributed by atoms with Crippen LogP contribution in [0.3, 0.4) is 0 Å². The van der Waals surface area contributed by atoms with Crippen LogP contribution >= 0.6 is 11.8 Å². The molecule has 0 fully saturated rings. The molecule has 0 saturated carbocycles. The Morgan fingerprint density at radius 2 is 1.75 bits per heavy atom. The fourth-order valence-corrected chi connectivity index (χ4v) is 4.17. The van der Waals surface area contributed by atoms with Gasteiger partial charge in [-0.25, -0.2) is 9.37 Å². The quantitative estimate of drug-likeness (QED) is 0.298. The molecule has 1 heterocycles. The van der Waals surface area contributed by atoms with Crippen LogP contribution in [0.25, 0.3) is 0 Å². The molecule has 5 heteroatoms. The lowest BCUT2D eigenvalue weighted by Gasteiger charge is -2.18. The average Bonchev–Trinajstić information content (AvgIpc) is 3.21. The highest BCUT2D eigenvalue weighted by Crippen LogP contribution is 2.15. The third kappa shape index (κ3) is 10.3. The van der Waals surface area contributed by atoms with Crippen molar-refractivity contribution in [2.75, 3.05) is 11.5 Å². The van der Waals surface area contributed by atoms with Gasteiger partial charge >= 0.3 is 0 Å². The van der Waals surface area contributed by atoms with Gasteiger partial charge in [0.2, 0.25) is 0 Å². The molecule has 0 aliphatic carbocycles. The second-order valence-corrected chi connectivity index (χ2v) is 8.52. The first-order valence-electron chi connectivity index (χ1n) is 10.7. The summed E-state index contributed by atoms with van der Waals surface area (Å²) >= 11 is 1.97. The molecular weight excluding hydrogens is 371 g/mol. The number of halogens is 1. The predicted molar refractivity (Wildman–Crippen MR) is 117 cm³/mol. The van der Waals surface area contributed by atoms with E-state index in [9.17, 15) is 4.39 Å². The minimum absolute atomic E-state index is 0.123. The normalized spacial score (nSPS) is 12.4. The Kier molecular flexibility index (Phi) is 12.0. The number of aromatic nitrogens is 2. The molecule has 0 radical (unpaired) electrons. The standard InChI is InChI=1S/C23H35FN2OS/c1-2-3-4-5-6-7-8-9-16-28-19-23(17-26-15-14-25-20-26)27-18-21-10-12-22(24)13-11-21/h10-15,20,23H,2-9,16-19H2,1H3. The van der Waals surface area contributed by atoms with Gasteiger partial charge in [-0.1, -0.05) is 64.0 Å². The zero-order valence-corrected chi connectivity index (χ0v) is 18.0. The van der Waals surface area contributed by atoms with Crippen molar-refractivity contribution in [2.24, 2.45) is 0 Å². The number of hydrogen-bond donors (Lipinski definition) is 0. The van der Waals surface area contributed by atoms with Gasteiger partial charge in [0.25, 0.3) is 0 Å². The number of ether oxygens (including phenoxy) is 1. The SMILES string of the molecule is CCCCCCCCCCSCC(Cn1ccnc1)OCc1ccc(F)cc1. The fraction of sp³-hybridized carbons (Fsp3) is 0.609. The molecule has 0 bridgehead atoms. The van der Waals surface area contributed by atoms with Gasteiger partial charge in [0.05, 0.1) is 25.6 Å². The van der Waals surface area contributed by atoms with Crippen LogP contribution in [0.2, 0.25) is 0 Å². The van der Waals surface area contributed by atoms with E-state index < -0.39 is 0 Å². The van der Waals surface area contributed by atoms with E-state index in [2.05, 4.69) is 16.5 Å². The van der Waals surface area contributed by atoms with Gasteiger partial charge in [0.1, 0.15) is 5.82 Å². The van der Waals surface area contributed by atoms with Crippen molar-refractivity contribution in [3.63, 3.8) is 0 Å². The number of nitrogens with zero attached hydrogens (tertiary/aromatic N) is 2. The molecule has 3 nitrogen and oxygen atoms in total. The Hall–Kier alpha value is -1.33. The summed E-state index contributed by atoms with van der Waals surface area (Å²) in [5.41, 5.74) is 1.00. The second kappa shape index (κ2) is 14.6. The first-order valence-corrected chi connectivity index (χ1v) is 11.8. The van der Waals surface area contributed by atoms with E-state index in [-0.39, 0.29) is 11.9 Å². The van der Waals surface area contributed by atoms with Crippen molar-refractivity contribution in [3.8, 4) is 0 Å². The molecule has 0 spiro atoms. The molecule has 2 aromatic rings. The van der Waals surface area contributed by atoms with Gasteiger partial charge in [-0.2, -0.15) is 11.8 Å². The first-order chi connectivity index (χ1) is 13.8. The molecular formula is C23H35FN2OS. The third-order valence-corrected chi connectivity index (χ3v) is 6.00. The van der Waals surface area contributed by atoms with Crippen LogP contribution in [0.5, 0.6) is 0 Å². The van der Waals surface area contributed by atoms with Crippen LogP contribution in [0, 0.1) is 5.82 Å². The number of rotatable bonds is 16. The van der Waals surface area contributed by atoms with Gasteiger partial charge in [-0.3, -0.25) is 0 Å². The maximum absolute atomic E-state index is 13.1. The van der Waals surface area contributed by atoms with Crippen molar-refractivity contribution in [1.29, 1.82) is 0 Å². The summed E-state index contributed by atoms with van der Waals surface area (Å²) in [7, 11) is 0. The Bertz CT molecular complexity index is 604. The summed E-state index contributed by atoms with van der Waals surface area (Å²) < 4.78 is 21.2. The van der Waals surface area contributed by atoms with E-state index in [1.54, 1.807) is 18.3 Å². The number of hydrogen-bond acceptors (Lipinski definition) is 3. The van der Waals surface area contributed by atoms with E-state index in [0.717, 1.165) is 17.9 Å². The lowest BCUT2D eigenvalue weighted by atomic mass is 10.1. The minimum Gasteiger partial charge on any atom is -0.371 e.